The SMILES string of the molecule is CS(=O)(=O)c1ccc(F)c(S(=O)(=O)N2CCC(CN)C2)c1. The Morgan fingerprint density at radius 3 is 2.52 bits per heavy atom. The van der Waals surface area contributed by atoms with Crippen LogP contribution in [0.2, 0.25) is 0 Å². The van der Waals surface area contributed by atoms with Crippen molar-refractivity contribution in [1.29, 1.82) is 0 Å². The van der Waals surface area contributed by atoms with E-state index in [1.165, 1.54) is 0 Å². The Morgan fingerprint density at radius 1 is 1.33 bits per heavy atom. The third-order valence-electron chi connectivity index (χ3n) is 3.53. The summed E-state index contributed by atoms with van der Waals surface area (Å²) in [6.07, 6.45) is 1.56. The van der Waals surface area contributed by atoms with Crippen LogP contribution >= 0.6 is 0 Å². The van der Waals surface area contributed by atoms with Crippen LogP contribution in [0, 0.1) is 11.7 Å². The molecule has 6 nitrogen and oxygen atoms in total. The number of nitrogens with two attached hydrogens (primary N) is 1. The van der Waals surface area contributed by atoms with E-state index < -0.39 is 30.6 Å². The van der Waals surface area contributed by atoms with Gasteiger partial charge in [0.25, 0.3) is 0 Å². The predicted molar refractivity (Wildman–Crippen MR) is 75.4 cm³/mol. The van der Waals surface area contributed by atoms with Crippen molar-refractivity contribution in [1.82, 2.24) is 4.31 Å². The van der Waals surface area contributed by atoms with Crippen LogP contribution in [0.15, 0.2) is 28.0 Å². The Balaban J connectivity index is 2.45. The maximum atomic E-state index is 13.9. The highest BCUT2D eigenvalue weighted by Crippen LogP contribution is 2.27. The van der Waals surface area contributed by atoms with Gasteiger partial charge in [0.2, 0.25) is 10.0 Å². The van der Waals surface area contributed by atoms with Gasteiger partial charge in [0.1, 0.15) is 10.7 Å². The molecule has 0 radical (unpaired) electrons. The highest BCUT2D eigenvalue weighted by molar-refractivity contribution is 7.91. The van der Waals surface area contributed by atoms with Crippen molar-refractivity contribution in [2.75, 3.05) is 25.9 Å². The van der Waals surface area contributed by atoms with Crippen molar-refractivity contribution in [3.8, 4) is 0 Å². The van der Waals surface area contributed by atoms with Crippen molar-refractivity contribution in [2.24, 2.45) is 11.7 Å². The van der Waals surface area contributed by atoms with Crippen LogP contribution in [0.1, 0.15) is 6.42 Å². The maximum Gasteiger partial charge on any atom is 0.246 e. The summed E-state index contributed by atoms with van der Waals surface area (Å²) in [7, 11) is -7.67. The molecular formula is C12H17FN2O4S2. The van der Waals surface area contributed by atoms with E-state index in [2.05, 4.69) is 0 Å². The number of nitrogens with zero attached hydrogens (tertiary/aromatic N) is 1. The fourth-order valence-corrected chi connectivity index (χ4v) is 4.60. The van der Waals surface area contributed by atoms with Crippen molar-refractivity contribution < 1.29 is 21.2 Å². The van der Waals surface area contributed by atoms with E-state index in [0.29, 0.717) is 13.0 Å². The van der Waals surface area contributed by atoms with Gasteiger partial charge in [-0.1, -0.05) is 0 Å². The Morgan fingerprint density at radius 2 is 2.00 bits per heavy atom. The number of hydrogen-bond acceptors (Lipinski definition) is 5. The predicted octanol–water partition coefficient (Wildman–Crippen LogP) is 0.199. The largest absolute Gasteiger partial charge is 0.330 e. The average molecular weight is 336 g/mol. The Hall–Kier alpha value is -1.03. The second-order valence-electron chi connectivity index (χ2n) is 5.12. The lowest BCUT2D eigenvalue weighted by Crippen LogP contribution is -2.30. The van der Waals surface area contributed by atoms with Gasteiger partial charge in [-0.05, 0) is 37.1 Å². The molecule has 118 valence electrons. The quantitative estimate of drug-likeness (QED) is 0.792. The minimum Gasteiger partial charge on any atom is -0.330 e. The zero-order chi connectivity index (χ0) is 15.8. The second-order valence-corrected chi connectivity index (χ2v) is 9.04. The molecule has 1 aliphatic heterocycles. The summed E-state index contributed by atoms with van der Waals surface area (Å²) in [5.41, 5.74) is 5.51. The summed E-state index contributed by atoms with van der Waals surface area (Å²) < 4.78 is 62.9. The number of sulfone groups is 1. The number of halogens is 1. The van der Waals surface area contributed by atoms with Crippen molar-refractivity contribution in [2.45, 2.75) is 16.2 Å². The van der Waals surface area contributed by atoms with E-state index >= 15 is 0 Å². The molecule has 21 heavy (non-hydrogen) atoms. The van der Waals surface area contributed by atoms with E-state index in [1.54, 1.807) is 0 Å². The van der Waals surface area contributed by atoms with Crippen molar-refractivity contribution in [3.63, 3.8) is 0 Å². The van der Waals surface area contributed by atoms with Gasteiger partial charge in [0.05, 0.1) is 4.90 Å². The Labute approximate surface area is 123 Å². The van der Waals surface area contributed by atoms with Gasteiger partial charge in [0, 0.05) is 19.3 Å². The second kappa shape index (κ2) is 5.64. The molecule has 1 heterocycles. The van der Waals surface area contributed by atoms with Crippen LogP contribution in [-0.2, 0) is 19.9 Å². The maximum absolute atomic E-state index is 13.9. The first-order valence-corrected chi connectivity index (χ1v) is 9.69. The van der Waals surface area contributed by atoms with E-state index in [-0.39, 0.29) is 23.9 Å². The fourth-order valence-electron chi connectivity index (χ4n) is 2.26. The first-order chi connectivity index (χ1) is 9.66. The van der Waals surface area contributed by atoms with Crippen LogP contribution in [0.4, 0.5) is 4.39 Å². The molecule has 1 aromatic carbocycles. The molecule has 1 atom stereocenters. The number of sulfonamides is 1. The molecule has 2 rings (SSSR count). The molecule has 0 saturated carbocycles. The molecule has 1 aromatic rings. The van der Waals surface area contributed by atoms with E-state index in [4.69, 9.17) is 5.73 Å². The molecule has 0 aliphatic carbocycles. The molecule has 1 unspecified atom stereocenters. The Bertz CT molecular complexity index is 747. The summed E-state index contributed by atoms with van der Waals surface area (Å²) in [5, 5.41) is 0. The highest BCUT2D eigenvalue weighted by atomic mass is 32.2. The summed E-state index contributed by atoms with van der Waals surface area (Å²) in [5.74, 6) is -0.917. The molecule has 1 saturated heterocycles. The number of rotatable bonds is 4. The first-order valence-electron chi connectivity index (χ1n) is 6.36. The number of benzene rings is 1. The van der Waals surface area contributed by atoms with Gasteiger partial charge < -0.3 is 5.73 Å². The van der Waals surface area contributed by atoms with Gasteiger partial charge in [0.15, 0.2) is 9.84 Å². The van der Waals surface area contributed by atoms with Crippen molar-refractivity contribution in [3.05, 3.63) is 24.0 Å². The van der Waals surface area contributed by atoms with Crippen molar-refractivity contribution >= 4 is 19.9 Å². The average Bonchev–Trinajstić information content (AvgIpc) is 2.87. The number of hydrogen-bond donors (Lipinski definition) is 1. The zero-order valence-corrected chi connectivity index (χ0v) is 13.1. The minimum atomic E-state index is -4.06. The van der Waals surface area contributed by atoms with Gasteiger partial charge in [-0.25, -0.2) is 21.2 Å². The lowest BCUT2D eigenvalue weighted by atomic mass is 10.1. The fraction of sp³-hybridized carbons (Fsp3) is 0.500. The minimum absolute atomic E-state index is 0.0425. The lowest BCUT2D eigenvalue weighted by Gasteiger charge is -2.17. The lowest BCUT2D eigenvalue weighted by molar-refractivity contribution is 0.453. The van der Waals surface area contributed by atoms with E-state index in [9.17, 15) is 21.2 Å². The highest BCUT2D eigenvalue weighted by Gasteiger charge is 2.34. The monoisotopic (exact) mass is 336 g/mol. The molecule has 1 aliphatic rings. The smallest absolute Gasteiger partial charge is 0.246 e. The van der Waals surface area contributed by atoms with Gasteiger partial charge in [-0.2, -0.15) is 4.31 Å². The zero-order valence-electron chi connectivity index (χ0n) is 11.5. The molecule has 1 fully saturated rings. The van der Waals surface area contributed by atoms with E-state index in [0.717, 1.165) is 28.8 Å². The summed E-state index contributed by atoms with van der Waals surface area (Å²) in [4.78, 5) is -0.833. The van der Waals surface area contributed by atoms with Gasteiger partial charge >= 0.3 is 0 Å². The molecule has 0 bridgehead atoms. The molecule has 2 N–H and O–H groups in total. The third-order valence-corrected chi connectivity index (χ3v) is 6.52. The molecule has 9 heteroatoms. The summed E-state index contributed by atoms with van der Waals surface area (Å²) >= 11 is 0. The topological polar surface area (TPSA) is 97.5 Å². The van der Waals surface area contributed by atoms with E-state index in [1.807, 2.05) is 0 Å². The summed E-state index contributed by atoms with van der Waals surface area (Å²) in [6.45, 7) is 0.839. The first kappa shape index (κ1) is 16.3. The van der Waals surface area contributed by atoms with Gasteiger partial charge in [-0.15, -0.1) is 0 Å². The third kappa shape index (κ3) is 3.25. The van der Waals surface area contributed by atoms with Crippen LogP contribution in [-0.4, -0.2) is 47.0 Å². The standard InChI is InChI=1S/C12H17FN2O4S2/c1-20(16,17)10-2-3-11(13)12(6-10)21(18,19)15-5-4-9(7-14)8-15/h2-3,6,9H,4-5,7-8,14H2,1H3. The van der Waals surface area contributed by atoms with Crippen LogP contribution in [0.3, 0.4) is 0 Å². The molecule has 0 amide bonds. The van der Waals surface area contributed by atoms with Crippen LogP contribution < -0.4 is 5.73 Å². The van der Waals surface area contributed by atoms with Crippen LogP contribution in [0.5, 0.6) is 0 Å². The molecular weight excluding hydrogens is 319 g/mol. The summed E-state index contributed by atoms with van der Waals surface area (Å²) in [6, 6.07) is 2.78. The molecule has 0 aromatic heterocycles. The molecule has 0 spiro atoms. The van der Waals surface area contributed by atoms with Gasteiger partial charge in [-0.3, -0.25) is 0 Å². The normalized spacial score (nSPS) is 20.8. The van der Waals surface area contributed by atoms with Crippen LogP contribution in [0.25, 0.3) is 0 Å². The Kier molecular flexibility index (Phi) is 4.39.